The zero-order valence-electron chi connectivity index (χ0n) is 10.7. The smallest absolute Gasteiger partial charge is 0.00360 e. The topological polar surface area (TPSA) is 0 Å². The number of hydrogen-bond acceptors (Lipinski definition) is 0. The Kier molecular flexibility index (Phi) is 2.02. The molecule has 86 valence electrons. The Morgan fingerprint density at radius 3 is 2.62 bits per heavy atom. The van der Waals surface area contributed by atoms with E-state index in [9.17, 15) is 0 Å². The van der Waals surface area contributed by atoms with E-state index in [-0.39, 0.29) is 0 Å². The lowest BCUT2D eigenvalue weighted by Crippen LogP contribution is -2.42. The third-order valence-electron chi connectivity index (χ3n) is 5.29. The molecule has 0 radical (unpaired) electrons. The van der Waals surface area contributed by atoms with Crippen LogP contribution in [0.15, 0.2) is 24.3 Å². The Bertz CT molecular complexity index is 416. The zero-order valence-corrected chi connectivity index (χ0v) is 10.7. The number of rotatable bonds is 0. The van der Waals surface area contributed by atoms with E-state index in [0.29, 0.717) is 10.8 Å². The lowest BCUT2D eigenvalue weighted by atomic mass is 9.57. The van der Waals surface area contributed by atoms with Gasteiger partial charge in [-0.1, -0.05) is 51.5 Å². The van der Waals surface area contributed by atoms with E-state index in [2.05, 4.69) is 45.0 Å². The Morgan fingerprint density at radius 2 is 1.81 bits per heavy atom. The minimum absolute atomic E-state index is 0.457. The largest absolute Gasteiger partial charge is 0.0620 e. The fourth-order valence-electron chi connectivity index (χ4n) is 4.42. The molecule has 0 aliphatic heterocycles. The van der Waals surface area contributed by atoms with Crippen molar-refractivity contribution in [3.63, 3.8) is 0 Å². The molecular weight excluding hydrogens is 192 g/mol. The van der Waals surface area contributed by atoms with Gasteiger partial charge in [-0.2, -0.15) is 0 Å². The van der Waals surface area contributed by atoms with E-state index < -0.39 is 0 Å². The summed E-state index contributed by atoms with van der Waals surface area (Å²) in [5.41, 5.74) is 4.24. The normalized spacial score (nSPS) is 35.6. The fourth-order valence-corrected chi connectivity index (χ4v) is 4.42. The summed E-state index contributed by atoms with van der Waals surface area (Å²) in [7, 11) is 0. The third-order valence-corrected chi connectivity index (χ3v) is 5.29. The fraction of sp³-hybridized carbons (Fsp3) is 0.625. The standard InChI is InChI=1S/C16H22/c1-15(2)9-6-10-16(3)13-8-5-4-7-12(13)11-14(15)16/h4-5,7-8,14H,6,9-11H2,1-3H3/t14-,16-/m1/s1. The number of benzene rings is 1. The summed E-state index contributed by atoms with van der Waals surface area (Å²) < 4.78 is 0. The summed E-state index contributed by atoms with van der Waals surface area (Å²) in [4.78, 5) is 0. The highest BCUT2D eigenvalue weighted by Crippen LogP contribution is 2.57. The molecule has 0 unspecified atom stereocenters. The first-order valence-electron chi connectivity index (χ1n) is 6.62. The van der Waals surface area contributed by atoms with E-state index in [4.69, 9.17) is 0 Å². The molecule has 16 heavy (non-hydrogen) atoms. The lowest BCUT2D eigenvalue weighted by molar-refractivity contribution is 0.0702. The van der Waals surface area contributed by atoms with Gasteiger partial charge in [0, 0.05) is 0 Å². The van der Waals surface area contributed by atoms with E-state index in [1.807, 2.05) is 0 Å². The van der Waals surface area contributed by atoms with Crippen LogP contribution >= 0.6 is 0 Å². The van der Waals surface area contributed by atoms with Crippen molar-refractivity contribution in [2.45, 2.75) is 51.9 Å². The van der Waals surface area contributed by atoms with Crippen LogP contribution in [-0.2, 0) is 11.8 Å². The van der Waals surface area contributed by atoms with Crippen molar-refractivity contribution in [3.05, 3.63) is 35.4 Å². The van der Waals surface area contributed by atoms with Crippen LogP contribution in [0.25, 0.3) is 0 Å². The SMILES string of the molecule is CC1(C)CCC[C@]2(C)c3ccccc3C[C@H]12. The molecule has 0 heteroatoms. The summed E-state index contributed by atoms with van der Waals surface area (Å²) >= 11 is 0. The highest BCUT2D eigenvalue weighted by atomic mass is 14.5. The van der Waals surface area contributed by atoms with Crippen LogP contribution in [0.2, 0.25) is 0 Å². The Balaban J connectivity index is 2.12. The molecule has 3 rings (SSSR count). The Morgan fingerprint density at radius 1 is 1.06 bits per heavy atom. The zero-order chi connectivity index (χ0) is 11.4. The minimum Gasteiger partial charge on any atom is -0.0620 e. The van der Waals surface area contributed by atoms with Gasteiger partial charge in [-0.05, 0) is 47.1 Å². The monoisotopic (exact) mass is 214 g/mol. The molecule has 1 aromatic carbocycles. The summed E-state index contributed by atoms with van der Waals surface area (Å²) in [5.74, 6) is 0.853. The van der Waals surface area contributed by atoms with Gasteiger partial charge in [-0.25, -0.2) is 0 Å². The van der Waals surface area contributed by atoms with Gasteiger partial charge in [0.05, 0.1) is 0 Å². The molecule has 1 saturated carbocycles. The van der Waals surface area contributed by atoms with Gasteiger partial charge >= 0.3 is 0 Å². The van der Waals surface area contributed by atoms with Crippen LogP contribution < -0.4 is 0 Å². The average Bonchev–Trinajstić information content (AvgIpc) is 2.54. The Hall–Kier alpha value is -0.780. The average molecular weight is 214 g/mol. The summed E-state index contributed by atoms with van der Waals surface area (Å²) in [6, 6.07) is 9.13. The minimum atomic E-state index is 0.457. The van der Waals surface area contributed by atoms with Crippen LogP contribution in [0.3, 0.4) is 0 Å². The highest BCUT2D eigenvalue weighted by Gasteiger charge is 2.51. The molecule has 2 aliphatic carbocycles. The first-order chi connectivity index (χ1) is 7.54. The van der Waals surface area contributed by atoms with Crippen molar-refractivity contribution in [1.29, 1.82) is 0 Å². The molecule has 0 bridgehead atoms. The lowest BCUT2D eigenvalue weighted by Gasteiger charge is -2.47. The van der Waals surface area contributed by atoms with Crippen LogP contribution in [0.4, 0.5) is 0 Å². The van der Waals surface area contributed by atoms with Gasteiger partial charge in [0.1, 0.15) is 0 Å². The van der Waals surface area contributed by atoms with Crippen LogP contribution in [0, 0.1) is 11.3 Å². The molecule has 1 aromatic rings. The maximum absolute atomic E-state index is 2.50. The van der Waals surface area contributed by atoms with Crippen molar-refractivity contribution in [1.82, 2.24) is 0 Å². The van der Waals surface area contributed by atoms with Gasteiger partial charge in [0.25, 0.3) is 0 Å². The van der Waals surface area contributed by atoms with Crippen molar-refractivity contribution in [3.8, 4) is 0 Å². The number of hydrogen-bond donors (Lipinski definition) is 0. The van der Waals surface area contributed by atoms with E-state index in [1.165, 1.54) is 25.7 Å². The summed E-state index contributed by atoms with van der Waals surface area (Å²) in [6.07, 6.45) is 5.49. The molecule has 0 amide bonds. The van der Waals surface area contributed by atoms with E-state index in [1.54, 1.807) is 11.1 Å². The van der Waals surface area contributed by atoms with Crippen molar-refractivity contribution < 1.29 is 0 Å². The van der Waals surface area contributed by atoms with Crippen LogP contribution in [0.1, 0.15) is 51.2 Å². The highest BCUT2D eigenvalue weighted by molar-refractivity contribution is 5.41. The van der Waals surface area contributed by atoms with E-state index in [0.717, 1.165) is 5.92 Å². The maximum Gasteiger partial charge on any atom is -0.00360 e. The van der Waals surface area contributed by atoms with Gasteiger partial charge in [-0.15, -0.1) is 0 Å². The molecule has 0 aromatic heterocycles. The molecular formula is C16H22. The first kappa shape index (κ1) is 10.4. The molecule has 2 atom stereocenters. The molecule has 0 N–H and O–H groups in total. The van der Waals surface area contributed by atoms with Gasteiger partial charge in [-0.3, -0.25) is 0 Å². The molecule has 0 nitrogen and oxygen atoms in total. The van der Waals surface area contributed by atoms with Crippen LogP contribution in [-0.4, -0.2) is 0 Å². The molecule has 1 fully saturated rings. The molecule has 0 heterocycles. The molecule has 2 aliphatic rings. The third kappa shape index (κ3) is 1.22. The summed E-state index contributed by atoms with van der Waals surface area (Å²) in [6.45, 7) is 7.45. The second-order valence-corrected chi connectivity index (χ2v) is 6.67. The predicted octanol–water partition coefficient (Wildman–Crippen LogP) is 4.33. The quantitative estimate of drug-likeness (QED) is 0.603. The van der Waals surface area contributed by atoms with Crippen molar-refractivity contribution >= 4 is 0 Å². The van der Waals surface area contributed by atoms with Crippen LogP contribution in [0.5, 0.6) is 0 Å². The summed E-state index contributed by atoms with van der Waals surface area (Å²) in [5, 5.41) is 0. The maximum atomic E-state index is 2.50. The Labute approximate surface area is 99.1 Å². The number of fused-ring (bicyclic) bond motifs is 3. The second kappa shape index (κ2) is 3.12. The van der Waals surface area contributed by atoms with E-state index >= 15 is 0 Å². The second-order valence-electron chi connectivity index (χ2n) is 6.67. The van der Waals surface area contributed by atoms with Crippen molar-refractivity contribution in [2.24, 2.45) is 11.3 Å². The molecule has 0 saturated heterocycles. The van der Waals surface area contributed by atoms with Gasteiger partial charge < -0.3 is 0 Å². The predicted molar refractivity (Wildman–Crippen MR) is 68.6 cm³/mol. The van der Waals surface area contributed by atoms with Gasteiger partial charge in [0.2, 0.25) is 0 Å². The first-order valence-corrected chi connectivity index (χ1v) is 6.62. The van der Waals surface area contributed by atoms with Crippen molar-refractivity contribution in [2.75, 3.05) is 0 Å². The molecule has 0 spiro atoms. The van der Waals surface area contributed by atoms with Gasteiger partial charge in [0.15, 0.2) is 0 Å².